The standard InChI is InChI=1S/C13H22F3N3/c1-3-12(4-2)19-8-6-11(18-19)9-10(17)5-7-13(14,15)16/h6,8,10,12H,3-5,7,9,17H2,1-2H3. The summed E-state index contributed by atoms with van der Waals surface area (Å²) in [6, 6.07) is 1.69. The summed E-state index contributed by atoms with van der Waals surface area (Å²) in [6.45, 7) is 4.18. The summed E-state index contributed by atoms with van der Waals surface area (Å²) in [5.74, 6) is 0. The van der Waals surface area contributed by atoms with Gasteiger partial charge in [0.25, 0.3) is 0 Å². The van der Waals surface area contributed by atoms with E-state index in [-0.39, 0.29) is 6.42 Å². The lowest BCUT2D eigenvalue weighted by Gasteiger charge is -2.13. The van der Waals surface area contributed by atoms with Gasteiger partial charge in [-0.25, -0.2) is 0 Å². The highest BCUT2D eigenvalue weighted by Gasteiger charge is 2.27. The molecule has 0 amide bonds. The van der Waals surface area contributed by atoms with Crippen LogP contribution in [0.15, 0.2) is 12.3 Å². The molecule has 19 heavy (non-hydrogen) atoms. The number of nitrogens with two attached hydrogens (primary N) is 1. The molecule has 0 saturated carbocycles. The first-order chi connectivity index (χ1) is 8.85. The molecule has 0 aromatic carbocycles. The van der Waals surface area contributed by atoms with E-state index in [1.807, 2.05) is 16.9 Å². The lowest BCUT2D eigenvalue weighted by molar-refractivity contribution is -0.136. The lowest BCUT2D eigenvalue weighted by Crippen LogP contribution is -2.25. The first-order valence-corrected chi connectivity index (χ1v) is 6.72. The van der Waals surface area contributed by atoms with Crippen molar-refractivity contribution in [1.29, 1.82) is 0 Å². The van der Waals surface area contributed by atoms with Crippen LogP contribution in [0.4, 0.5) is 13.2 Å². The average Bonchev–Trinajstić information content (AvgIpc) is 2.76. The fourth-order valence-corrected chi connectivity index (χ4v) is 2.07. The number of nitrogens with zero attached hydrogens (tertiary/aromatic N) is 2. The molecule has 2 N–H and O–H groups in total. The Bertz CT molecular complexity index is 369. The molecule has 1 aromatic heterocycles. The molecule has 1 atom stereocenters. The SMILES string of the molecule is CCC(CC)n1ccc(CC(N)CCC(F)(F)F)n1. The molecule has 1 aromatic rings. The third-order valence-electron chi connectivity index (χ3n) is 3.25. The highest BCUT2D eigenvalue weighted by molar-refractivity contribution is 5.02. The van der Waals surface area contributed by atoms with Gasteiger partial charge in [0.15, 0.2) is 0 Å². The van der Waals surface area contributed by atoms with Crippen LogP contribution in [0.3, 0.4) is 0 Å². The van der Waals surface area contributed by atoms with Crippen molar-refractivity contribution < 1.29 is 13.2 Å². The van der Waals surface area contributed by atoms with Crippen LogP contribution in [0.2, 0.25) is 0 Å². The summed E-state index contributed by atoms with van der Waals surface area (Å²) < 4.78 is 38.1. The topological polar surface area (TPSA) is 43.8 Å². The van der Waals surface area contributed by atoms with E-state index in [1.165, 1.54) is 0 Å². The molecule has 1 unspecified atom stereocenters. The van der Waals surface area contributed by atoms with Crippen molar-refractivity contribution in [3.63, 3.8) is 0 Å². The normalized spacial score (nSPS) is 14.1. The molecule has 0 saturated heterocycles. The van der Waals surface area contributed by atoms with Crippen molar-refractivity contribution >= 4 is 0 Å². The van der Waals surface area contributed by atoms with E-state index >= 15 is 0 Å². The van der Waals surface area contributed by atoms with E-state index in [4.69, 9.17) is 5.73 Å². The van der Waals surface area contributed by atoms with E-state index in [9.17, 15) is 13.2 Å². The van der Waals surface area contributed by atoms with Crippen LogP contribution >= 0.6 is 0 Å². The van der Waals surface area contributed by atoms with Crippen molar-refractivity contribution in [2.45, 2.75) is 64.2 Å². The summed E-state index contributed by atoms with van der Waals surface area (Å²) in [7, 11) is 0. The molecule has 6 heteroatoms. The van der Waals surface area contributed by atoms with Gasteiger partial charge in [-0.2, -0.15) is 18.3 Å². The molecular formula is C13H22F3N3. The summed E-state index contributed by atoms with van der Waals surface area (Å²) in [4.78, 5) is 0. The van der Waals surface area contributed by atoms with E-state index in [0.717, 1.165) is 18.5 Å². The molecule has 1 heterocycles. The lowest BCUT2D eigenvalue weighted by atomic mass is 10.1. The van der Waals surface area contributed by atoms with E-state index in [2.05, 4.69) is 18.9 Å². The second-order valence-corrected chi connectivity index (χ2v) is 4.88. The Hall–Kier alpha value is -1.04. The van der Waals surface area contributed by atoms with Gasteiger partial charge in [-0.1, -0.05) is 13.8 Å². The Kier molecular flexibility index (Phi) is 5.85. The second kappa shape index (κ2) is 6.93. The van der Waals surface area contributed by atoms with Gasteiger partial charge < -0.3 is 5.73 Å². The Labute approximate surface area is 112 Å². The zero-order valence-electron chi connectivity index (χ0n) is 11.5. The van der Waals surface area contributed by atoms with Crippen molar-refractivity contribution in [1.82, 2.24) is 9.78 Å². The van der Waals surface area contributed by atoms with E-state index in [1.54, 1.807) is 0 Å². The van der Waals surface area contributed by atoms with Crippen LogP contribution in [-0.4, -0.2) is 22.0 Å². The molecule has 0 aliphatic rings. The first-order valence-electron chi connectivity index (χ1n) is 6.72. The average molecular weight is 277 g/mol. The van der Waals surface area contributed by atoms with Crippen molar-refractivity contribution in [2.24, 2.45) is 5.73 Å². The van der Waals surface area contributed by atoms with Crippen molar-refractivity contribution in [3.8, 4) is 0 Å². The number of halogens is 3. The first kappa shape index (κ1) is 16.0. The summed E-state index contributed by atoms with van der Waals surface area (Å²) in [5, 5.41) is 4.39. The maximum absolute atomic E-state index is 12.1. The minimum Gasteiger partial charge on any atom is -0.327 e. The van der Waals surface area contributed by atoms with Crippen LogP contribution in [0, 0.1) is 0 Å². The minimum absolute atomic E-state index is 0.0542. The maximum Gasteiger partial charge on any atom is 0.389 e. The number of rotatable bonds is 7. The minimum atomic E-state index is -4.13. The predicted octanol–water partition coefficient (Wildman–Crippen LogP) is 3.46. The molecule has 1 rings (SSSR count). The Morgan fingerprint density at radius 1 is 1.32 bits per heavy atom. The molecule has 0 aliphatic heterocycles. The molecule has 110 valence electrons. The predicted molar refractivity (Wildman–Crippen MR) is 68.8 cm³/mol. The monoisotopic (exact) mass is 277 g/mol. The molecule has 0 fully saturated rings. The number of alkyl halides is 3. The molecule has 3 nitrogen and oxygen atoms in total. The second-order valence-electron chi connectivity index (χ2n) is 4.88. The summed E-state index contributed by atoms with van der Waals surface area (Å²) in [6.07, 6.45) is -0.780. The van der Waals surface area contributed by atoms with Gasteiger partial charge in [-0.05, 0) is 25.3 Å². The number of hydrogen-bond acceptors (Lipinski definition) is 2. The Morgan fingerprint density at radius 2 is 1.95 bits per heavy atom. The third kappa shape index (κ3) is 5.63. The van der Waals surface area contributed by atoms with Crippen molar-refractivity contribution in [3.05, 3.63) is 18.0 Å². The van der Waals surface area contributed by atoms with Crippen LogP contribution < -0.4 is 5.73 Å². The smallest absolute Gasteiger partial charge is 0.327 e. The van der Waals surface area contributed by atoms with Gasteiger partial charge in [0, 0.05) is 25.1 Å². The fraction of sp³-hybridized carbons (Fsp3) is 0.769. The Morgan fingerprint density at radius 3 is 2.47 bits per heavy atom. The van der Waals surface area contributed by atoms with Gasteiger partial charge in [0.1, 0.15) is 0 Å². The van der Waals surface area contributed by atoms with Crippen LogP contribution in [-0.2, 0) is 6.42 Å². The van der Waals surface area contributed by atoms with Crippen molar-refractivity contribution in [2.75, 3.05) is 0 Å². The van der Waals surface area contributed by atoms with Gasteiger partial charge >= 0.3 is 6.18 Å². The quantitative estimate of drug-likeness (QED) is 0.829. The van der Waals surface area contributed by atoms with Crippen LogP contribution in [0.1, 0.15) is 51.3 Å². The van der Waals surface area contributed by atoms with Gasteiger partial charge in [0.2, 0.25) is 0 Å². The largest absolute Gasteiger partial charge is 0.389 e. The van der Waals surface area contributed by atoms with E-state index < -0.39 is 18.6 Å². The summed E-state index contributed by atoms with van der Waals surface area (Å²) in [5.41, 5.74) is 6.48. The van der Waals surface area contributed by atoms with Gasteiger partial charge in [0.05, 0.1) is 11.7 Å². The molecular weight excluding hydrogens is 255 g/mol. The molecule has 0 spiro atoms. The molecule has 0 bridgehead atoms. The third-order valence-corrected chi connectivity index (χ3v) is 3.25. The zero-order chi connectivity index (χ0) is 14.5. The molecule has 0 radical (unpaired) electrons. The maximum atomic E-state index is 12.1. The van der Waals surface area contributed by atoms with Crippen LogP contribution in [0.25, 0.3) is 0 Å². The summed E-state index contributed by atoms with van der Waals surface area (Å²) >= 11 is 0. The highest BCUT2D eigenvalue weighted by Crippen LogP contribution is 2.22. The van der Waals surface area contributed by atoms with Crippen LogP contribution in [0.5, 0.6) is 0 Å². The Balaban J connectivity index is 2.49. The molecule has 0 aliphatic carbocycles. The number of aromatic nitrogens is 2. The van der Waals surface area contributed by atoms with Gasteiger partial charge in [-0.3, -0.25) is 4.68 Å². The highest BCUT2D eigenvalue weighted by atomic mass is 19.4. The van der Waals surface area contributed by atoms with E-state index in [0.29, 0.717) is 12.5 Å². The van der Waals surface area contributed by atoms with Gasteiger partial charge in [-0.15, -0.1) is 0 Å². The number of hydrogen-bond donors (Lipinski definition) is 1. The zero-order valence-corrected chi connectivity index (χ0v) is 11.5. The fourth-order valence-electron chi connectivity index (χ4n) is 2.07.